The van der Waals surface area contributed by atoms with Gasteiger partial charge in [-0.25, -0.2) is 4.39 Å². The van der Waals surface area contributed by atoms with E-state index in [0.29, 0.717) is 43.5 Å². The van der Waals surface area contributed by atoms with E-state index in [1.165, 1.54) is 19.6 Å². The monoisotopic (exact) mass is 538 g/mol. The average molecular weight is 539 g/mol. The van der Waals surface area contributed by atoms with E-state index in [-0.39, 0.29) is 39.9 Å². The van der Waals surface area contributed by atoms with Gasteiger partial charge in [0.15, 0.2) is 11.6 Å². The van der Waals surface area contributed by atoms with Crippen LogP contribution >= 0.6 is 0 Å². The number of carbonyl (C=O) groups is 3. The van der Waals surface area contributed by atoms with Gasteiger partial charge in [0.1, 0.15) is 12.0 Å². The minimum Gasteiger partial charge on any atom is -0.496 e. The van der Waals surface area contributed by atoms with Crippen LogP contribution in [0.3, 0.4) is 0 Å². The third-order valence-corrected chi connectivity index (χ3v) is 8.35. The standard InChI is InChI=1S/C31H39FN2O5/c1-19-13-20(2)27(23(14-19)28(36)33-17-30(3)9-6-10-30)34-29(37)22-15-26(24(32)16-25(22)38-5)39-21-7-11-31(4,18-35)12-8-21/h13-16,18,21H,6-12,17H2,1-5H3,(H,33,36)(H,34,37)/t21-,31+. The minimum atomic E-state index is -0.636. The molecule has 0 unspecified atom stereocenters. The van der Waals surface area contributed by atoms with Crippen LogP contribution in [-0.4, -0.2) is 37.9 Å². The van der Waals surface area contributed by atoms with Gasteiger partial charge in [0.25, 0.3) is 11.8 Å². The quantitative estimate of drug-likeness (QED) is 0.374. The van der Waals surface area contributed by atoms with E-state index in [0.717, 1.165) is 36.3 Å². The predicted molar refractivity (Wildman–Crippen MR) is 148 cm³/mol. The molecule has 39 heavy (non-hydrogen) atoms. The lowest BCUT2D eigenvalue weighted by Gasteiger charge is -2.38. The summed E-state index contributed by atoms with van der Waals surface area (Å²) in [5.41, 5.74) is 2.24. The SMILES string of the molecule is COc1cc(F)c(O[C@H]2CC[C@@](C)(C=O)CC2)cc1C(=O)Nc1c(C)cc(C)cc1C(=O)NCC1(C)CCC1. The molecule has 2 aromatic rings. The van der Waals surface area contributed by atoms with Gasteiger partial charge in [0.2, 0.25) is 0 Å². The molecule has 2 aliphatic carbocycles. The Hall–Kier alpha value is -3.42. The van der Waals surface area contributed by atoms with Crippen molar-refractivity contribution < 1.29 is 28.2 Å². The summed E-state index contributed by atoms with van der Waals surface area (Å²) < 4.78 is 26.2. The number of aldehydes is 1. The number of ether oxygens (including phenoxy) is 2. The molecule has 0 bridgehead atoms. The molecule has 0 heterocycles. The summed E-state index contributed by atoms with van der Waals surface area (Å²) in [6.45, 7) is 8.39. The Morgan fingerprint density at radius 1 is 1.00 bits per heavy atom. The van der Waals surface area contributed by atoms with Crippen LogP contribution in [0, 0.1) is 30.5 Å². The van der Waals surface area contributed by atoms with Crippen molar-refractivity contribution in [3.05, 3.63) is 52.3 Å². The second-order valence-electron chi connectivity index (χ2n) is 11.9. The van der Waals surface area contributed by atoms with E-state index in [9.17, 15) is 18.8 Å². The maximum atomic E-state index is 14.9. The molecule has 0 radical (unpaired) electrons. The molecule has 0 saturated heterocycles. The highest BCUT2D eigenvalue weighted by molar-refractivity contribution is 6.11. The molecule has 0 atom stereocenters. The number of carbonyl (C=O) groups excluding carboxylic acids is 3. The lowest BCUT2D eigenvalue weighted by molar-refractivity contribution is -0.117. The topological polar surface area (TPSA) is 93.7 Å². The van der Waals surface area contributed by atoms with E-state index in [2.05, 4.69) is 17.6 Å². The zero-order valence-corrected chi connectivity index (χ0v) is 23.5. The van der Waals surface area contributed by atoms with Gasteiger partial charge >= 0.3 is 0 Å². The van der Waals surface area contributed by atoms with Crippen molar-refractivity contribution in [3.8, 4) is 11.5 Å². The Balaban J connectivity index is 1.56. The van der Waals surface area contributed by atoms with Gasteiger partial charge in [-0.1, -0.05) is 26.3 Å². The summed E-state index contributed by atoms with van der Waals surface area (Å²) in [5.74, 6) is -1.42. The number of halogens is 1. The van der Waals surface area contributed by atoms with Crippen molar-refractivity contribution in [2.24, 2.45) is 10.8 Å². The third-order valence-electron chi connectivity index (χ3n) is 8.35. The molecular weight excluding hydrogens is 499 g/mol. The average Bonchev–Trinajstić information content (AvgIpc) is 2.89. The molecular formula is C31H39FN2O5. The predicted octanol–water partition coefficient (Wildman–Crippen LogP) is 6.15. The summed E-state index contributed by atoms with van der Waals surface area (Å²) >= 11 is 0. The van der Waals surface area contributed by atoms with Crippen molar-refractivity contribution in [3.63, 3.8) is 0 Å². The van der Waals surface area contributed by atoms with Gasteiger partial charge in [-0.2, -0.15) is 0 Å². The van der Waals surface area contributed by atoms with Crippen molar-refractivity contribution >= 4 is 23.8 Å². The van der Waals surface area contributed by atoms with Crippen LogP contribution in [0.15, 0.2) is 24.3 Å². The first kappa shape index (κ1) is 28.6. The number of methoxy groups -OCH3 is 1. The lowest BCUT2D eigenvalue weighted by atomic mass is 9.70. The molecule has 2 amide bonds. The number of benzene rings is 2. The molecule has 7 nitrogen and oxygen atoms in total. The minimum absolute atomic E-state index is 0.0482. The summed E-state index contributed by atoms with van der Waals surface area (Å²) in [4.78, 5) is 38.1. The van der Waals surface area contributed by atoms with Crippen LogP contribution < -0.4 is 20.1 Å². The van der Waals surface area contributed by atoms with Crippen LogP contribution in [0.25, 0.3) is 0 Å². The van der Waals surface area contributed by atoms with E-state index in [4.69, 9.17) is 9.47 Å². The second-order valence-corrected chi connectivity index (χ2v) is 11.9. The molecule has 2 fully saturated rings. The number of rotatable bonds is 9. The van der Waals surface area contributed by atoms with E-state index < -0.39 is 11.7 Å². The molecule has 8 heteroatoms. The highest BCUT2D eigenvalue weighted by atomic mass is 19.1. The number of hydrogen-bond acceptors (Lipinski definition) is 5. The molecule has 0 aliphatic heterocycles. The number of hydrogen-bond donors (Lipinski definition) is 2. The fraction of sp³-hybridized carbons (Fsp3) is 0.516. The smallest absolute Gasteiger partial charge is 0.259 e. The number of aryl methyl sites for hydroxylation is 2. The summed E-state index contributed by atoms with van der Waals surface area (Å²) in [5, 5.41) is 5.91. The van der Waals surface area contributed by atoms with Gasteiger partial charge in [-0.15, -0.1) is 0 Å². The van der Waals surface area contributed by atoms with Crippen molar-refractivity contribution in [1.82, 2.24) is 5.32 Å². The maximum absolute atomic E-state index is 14.9. The van der Waals surface area contributed by atoms with E-state index in [1.54, 1.807) is 6.07 Å². The van der Waals surface area contributed by atoms with Gasteiger partial charge in [0.05, 0.1) is 30.0 Å². The van der Waals surface area contributed by atoms with Crippen LogP contribution in [0.4, 0.5) is 10.1 Å². The zero-order valence-electron chi connectivity index (χ0n) is 23.5. The second kappa shape index (κ2) is 11.4. The Morgan fingerprint density at radius 3 is 2.28 bits per heavy atom. The highest BCUT2D eigenvalue weighted by Gasteiger charge is 2.33. The van der Waals surface area contributed by atoms with Crippen LogP contribution in [0.1, 0.15) is 90.6 Å². The van der Waals surface area contributed by atoms with Gasteiger partial charge in [0, 0.05) is 18.0 Å². The summed E-state index contributed by atoms with van der Waals surface area (Å²) in [6.07, 6.45) is 6.59. The molecule has 0 spiro atoms. The molecule has 2 N–H and O–H groups in total. The molecule has 210 valence electrons. The first-order valence-corrected chi connectivity index (χ1v) is 13.7. The first-order chi connectivity index (χ1) is 18.5. The van der Waals surface area contributed by atoms with Crippen LogP contribution in [0.2, 0.25) is 0 Å². The Morgan fingerprint density at radius 2 is 1.69 bits per heavy atom. The fourth-order valence-electron chi connectivity index (χ4n) is 5.48. The van der Waals surface area contributed by atoms with Gasteiger partial charge < -0.3 is 24.9 Å². The number of anilines is 1. The fourth-order valence-corrected chi connectivity index (χ4v) is 5.48. The van der Waals surface area contributed by atoms with Crippen molar-refractivity contribution in [2.45, 2.75) is 78.7 Å². The third kappa shape index (κ3) is 6.43. The molecule has 2 saturated carbocycles. The molecule has 2 aliphatic rings. The number of nitrogens with one attached hydrogen (secondary N) is 2. The Bertz CT molecular complexity index is 1260. The van der Waals surface area contributed by atoms with Crippen molar-refractivity contribution in [1.29, 1.82) is 0 Å². The molecule has 4 rings (SSSR count). The first-order valence-electron chi connectivity index (χ1n) is 13.7. The maximum Gasteiger partial charge on any atom is 0.259 e. The van der Waals surface area contributed by atoms with Crippen LogP contribution in [-0.2, 0) is 4.79 Å². The summed E-state index contributed by atoms with van der Waals surface area (Å²) in [7, 11) is 1.37. The highest BCUT2D eigenvalue weighted by Crippen LogP contribution is 2.40. The number of amides is 2. The van der Waals surface area contributed by atoms with Crippen molar-refractivity contribution in [2.75, 3.05) is 19.0 Å². The van der Waals surface area contributed by atoms with Gasteiger partial charge in [-0.05, 0) is 81.0 Å². The zero-order chi connectivity index (χ0) is 28.4. The molecule has 2 aromatic carbocycles. The largest absolute Gasteiger partial charge is 0.496 e. The lowest BCUT2D eigenvalue weighted by Crippen LogP contribution is -2.40. The summed E-state index contributed by atoms with van der Waals surface area (Å²) in [6, 6.07) is 6.13. The normalized spacial score (nSPS) is 21.8. The van der Waals surface area contributed by atoms with E-state index in [1.807, 2.05) is 26.8 Å². The Kier molecular flexibility index (Phi) is 8.33. The molecule has 0 aromatic heterocycles. The van der Waals surface area contributed by atoms with E-state index >= 15 is 0 Å². The Labute approximate surface area is 229 Å². The van der Waals surface area contributed by atoms with Gasteiger partial charge in [-0.3, -0.25) is 9.59 Å². The van der Waals surface area contributed by atoms with Crippen LogP contribution in [0.5, 0.6) is 11.5 Å².